The van der Waals surface area contributed by atoms with E-state index in [0.29, 0.717) is 11.2 Å². The Morgan fingerprint density at radius 3 is 2.50 bits per heavy atom. The van der Waals surface area contributed by atoms with E-state index in [1.54, 1.807) is 0 Å². The molecule has 4 bridgehead atoms. The van der Waals surface area contributed by atoms with Crippen LogP contribution in [0.15, 0.2) is 23.8 Å². The van der Waals surface area contributed by atoms with Crippen LogP contribution in [0.2, 0.25) is 0 Å². The number of ether oxygens (including phenoxy) is 3. The number of hydrogen-bond donors (Lipinski definition) is 6. The van der Waals surface area contributed by atoms with Gasteiger partial charge in [-0.3, -0.25) is 37.0 Å². The number of H-pyrrole nitrogens is 1. The van der Waals surface area contributed by atoms with Crippen molar-refractivity contribution in [3.05, 3.63) is 29.3 Å². The number of anilines is 2. The molecule has 46 heavy (non-hydrogen) atoms. The van der Waals surface area contributed by atoms with Gasteiger partial charge in [0.25, 0.3) is 5.56 Å². The van der Waals surface area contributed by atoms with Gasteiger partial charge in [0.05, 0.1) is 32.5 Å². The molecule has 4 saturated heterocycles. The first-order chi connectivity index (χ1) is 21.8. The third-order valence-electron chi connectivity index (χ3n) is 8.05. The average molecular weight is 719 g/mol. The first kappa shape index (κ1) is 30.7. The van der Waals surface area contributed by atoms with Gasteiger partial charge < -0.3 is 30.8 Å². The van der Waals surface area contributed by atoms with E-state index < -0.39 is 80.9 Å². The summed E-state index contributed by atoms with van der Waals surface area (Å²) in [5, 5.41) is 11.2. The topological polar surface area (TPSA) is 278 Å². The van der Waals surface area contributed by atoms with Crippen LogP contribution in [0.5, 0.6) is 0 Å². The van der Waals surface area contributed by atoms with Crippen LogP contribution >= 0.6 is 38.1 Å². The third kappa shape index (κ3) is 4.89. The Morgan fingerprint density at radius 1 is 0.957 bits per heavy atom. The maximum atomic E-state index is 13.7. The normalized spacial score (nSPS) is 39.7. The van der Waals surface area contributed by atoms with E-state index >= 15 is 0 Å². The van der Waals surface area contributed by atoms with Crippen molar-refractivity contribution in [2.75, 3.05) is 31.3 Å². The lowest BCUT2D eigenvalue weighted by molar-refractivity contribution is -0.182. The number of hydrogen-bond acceptors (Lipinski definition) is 18. The Bertz CT molecular complexity index is 2030. The first-order valence-corrected chi connectivity index (χ1v) is 18.8. The molecule has 0 aromatic carbocycles. The number of rotatable bonds is 2. The molecule has 6 N–H and O–H groups in total. The summed E-state index contributed by atoms with van der Waals surface area (Å²) in [6.45, 7) is -9.81. The van der Waals surface area contributed by atoms with Crippen LogP contribution < -0.4 is 17.0 Å². The number of fused-ring (bicyclic) bond motifs is 4. The molecule has 25 heteroatoms. The summed E-state index contributed by atoms with van der Waals surface area (Å²) in [7, 11) is 0. The molecule has 0 saturated carbocycles. The van der Waals surface area contributed by atoms with Crippen molar-refractivity contribution in [1.29, 1.82) is 0 Å². The second kappa shape index (κ2) is 10.7. The summed E-state index contributed by atoms with van der Waals surface area (Å²) in [4.78, 5) is 35.3. The van der Waals surface area contributed by atoms with E-state index in [-0.39, 0.29) is 29.5 Å². The number of nitrogens with one attached hydrogen (secondary N) is 1. The highest BCUT2D eigenvalue weighted by atomic mass is 32.7. The predicted molar refractivity (Wildman–Crippen MR) is 160 cm³/mol. The van der Waals surface area contributed by atoms with Crippen LogP contribution in [-0.2, 0) is 41.4 Å². The third-order valence-corrected chi connectivity index (χ3v) is 11.2. The molecule has 4 aliphatic rings. The highest BCUT2D eigenvalue weighted by Gasteiger charge is 2.66. The van der Waals surface area contributed by atoms with Crippen molar-refractivity contribution >= 4 is 72.2 Å². The van der Waals surface area contributed by atoms with Gasteiger partial charge in [0, 0.05) is 0 Å². The Morgan fingerprint density at radius 2 is 1.70 bits per heavy atom. The first-order valence-electron chi connectivity index (χ1n) is 13.4. The fourth-order valence-electron chi connectivity index (χ4n) is 5.97. The molecule has 4 aromatic heterocycles. The molecule has 4 unspecified atom stereocenters. The van der Waals surface area contributed by atoms with E-state index in [2.05, 4.69) is 54.4 Å². The molecule has 21 nitrogen and oxygen atoms in total. The minimum absolute atomic E-state index is 0.0202. The summed E-state index contributed by atoms with van der Waals surface area (Å²) in [5.74, 6) is -0.0735. The fraction of sp³-hybridized carbons (Fsp3) is 0.524. The number of aliphatic hydroxyl groups is 1. The lowest BCUT2D eigenvalue weighted by Crippen LogP contribution is -2.45. The molecule has 8 heterocycles. The van der Waals surface area contributed by atoms with Gasteiger partial charge in [-0.15, -0.1) is 0 Å². The van der Waals surface area contributed by atoms with Crippen LogP contribution in [0.3, 0.4) is 0 Å². The van der Waals surface area contributed by atoms with Crippen molar-refractivity contribution in [1.82, 2.24) is 39.0 Å². The molecule has 0 spiro atoms. The zero-order valence-electron chi connectivity index (χ0n) is 23.0. The summed E-state index contributed by atoms with van der Waals surface area (Å²) in [6, 6.07) is 0. The number of thiol groups is 2. The van der Waals surface area contributed by atoms with Crippen molar-refractivity contribution in [3.8, 4) is 0 Å². The van der Waals surface area contributed by atoms with Crippen LogP contribution in [-0.4, -0.2) is 100 Å². The number of aromatic nitrogens is 8. The highest BCUT2D eigenvalue weighted by molar-refractivity contribution is 8.44. The Labute approximate surface area is 266 Å². The molecule has 4 fully saturated rings. The van der Waals surface area contributed by atoms with E-state index in [4.69, 9.17) is 43.8 Å². The standard InChI is InChI=1S/C21H24N10O11P2S2/c22-14-8-15(25-4-24-14)30(5-26-8)19-12-13-21(40-19,2-36-12)3-38-44(35,46)41-11-10(32)7(1-37-43(34,45)42-13)39-18(11)31-6-27-9-16(31)28-20(23)29-17(9)33/h4-7,10-13,18-19,32H,1-3H2,(H,34,45)(H,35,46)(H2,22,24,25)(H3,23,28,29,33)/t7-,10+,11?,12?,13-,18-,19-,21-,43?,44?/m1/s1. The van der Waals surface area contributed by atoms with E-state index in [9.17, 15) is 19.0 Å². The Kier molecular flexibility index (Phi) is 7.11. The minimum Gasteiger partial charge on any atom is -0.387 e. The van der Waals surface area contributed by atoms with Crippen LogP contribution in [0, 0.1) is 0 Å². The summed E-state index contributed by atoms with van der Waals surface area (Å²) in [5.41, 5.74) is 10.0. The van der Waals surface area contributed by atoms with Gasteiger partial charge in [0.1, 0.15) is 48.0 Å². The van der Waals surface area contributed by atoms with Crippen LogP contribution in [0.25, 0.3) is 22.3 Å². The summed E-state index contributed by atoms with van der Waals surface area (Å²) < 4.78 is 71.5. The molecule has 0 aliphatic carbocycles. The molecule has 4 aromatic rings. The number of aliphatic hydroxyl groups excluding tert-OH is 1. The van der Waals surface area contributed by atoms with Crippen LogP contribution in [0.4, 0.5) is 11.8 Å². The summed E-state index contributed by atoms with van der Waals surface area (Å²) in [6.07, 6.45) is -4.71. The van der Waals surface area contributed by atoms with Crippen molar-refractivity contribution in [2.24, 2.45) is 0 Å². The zero-order chi connectivity index (χ0) is 32.2. The summed E-state index contributed by atoms with van der Waals surface area (Å²) >= 11 is 8.33. The predicted octanol–water partition coefficient (Wildman–Crippen LogP) is -0.0584. The van der Waals surface area contributed by atoms with Gasteiger partial charge in [-0.2, -0.15) is 4.98 Å². The van der Waals surface area contributed by atoms with Gasteiger partial charge in [-0.1, -0.05) is 24.5 Å². The molecular weight excluding hydrogens is 694 g/mol. The fourth-order valence-corrected chi connectivity index (χ4v) is 8.95. The van der Waals surface area contributed by atoms with Crippen molar-refractivity contribution < 1.29 is 46.5 Å². The largest absolute Gasteiger partial charge is 0.387 e. The van der Waals surface area contributed by atoms with E-state index in [1.165, 1.54) is 28.1 Å². The molecule has 10 atom stereocenters. The molecule has 8 rings (SSSR count). The van der Waals surface area contributed by atoms with E-state index in [0.717, 1.165) is 0 Å². The SMILES string of the molecule is Nc1nc2c(ncn2[C@@H]2O[C@@H]3COP(=O)(S)O[C@@H]4C5OC[C@]4(COP(=O)(S)OC2[C@H]3O)O[C@H]5n2cnc3c(N)ncnc32)c(=O)[nH]1. The molecular formula is C21H24N10O11P2S2. The van der Waals surface area contributed by atoms with Gasteiger partial charge in [-0.25, -0.2) is 29.1 Å². The smallest absolute Gasteiger partial charge is 0.386 e. The van der Waals surface area contributed by atoms with Crippen molar-refractivity contribution in [3.63, 3.8) is 0 Å². The minimum atomic E-state index is -4.37. The molecule has 0 radical (unpaired) electrons. The van der Waals surface area contributed by atoms with Crippen molar-refractivity contribution in [2.45, 2.75) is 48.6 Å². The molecule has 0 amide bonds. The van der Waals surface area contributed by atoms with Gasteiger partial charge in [0.15, 0.2) is 35.1 Å². The van der Waals surface area contributed by atoms with E-state index in [1.807, 2.05) is 0 Å². The van der Waals surface area contributed by atoms with Gasteiger partial charge >= 0.3 is 13.6 Å². The average Bonchev–Trinajstić information content (AvgIpc) is 3.80. The number of nitrogens with two attached hydrogens (primary N) is 2. The Balaban J connectivity index is 1.14. The van der Waals surface area contributed by atoms with Gasteiger partial charge in [-0.05, 0) is 0 Å². The zero-order valence-corrected chi connectivity index (χ0v) is 26.6. The second-order valence-corrected chi connectivity index (χ2v) is 16.6. The lowest BCUT2D eigenvalue weighted by Gasteiger charge is -2.32. The second-order valence-electron chi connectivity index (χ2n) is 10.9. The molecule has 4 aliphatic heterocycles. The highest BCUT2D eigenvalue weighted by Crippen LogP contribution is 2.63. The number of aromatic amines is 1. The number of nitrogen functional groups attached to an aromatic ring is 2. The number of imidazole rings is 2. The quantitative estimate of drug-likeness (QED) is 0.117. The number of nitrogens with zero attached hydrogens (tertiary/aromatic N) is 7. The van der Waals surface area contributed by atoms with Crippen LogP contribution in [0.1, 0.15) is 12.5 Å². The van der Waals surface area contributed by atoms with Gasteiger partial charge in [0.2, 0.25) is 5.95 Å². The maximum absolute atomic E-state index is 13.7. The monoisotopic (exact) mass is 718 g/mol. The maximum Gasteiger partial charge on any atom is 0.386 e. The lowest BCUT2D eigenvalue weighted by atomic mass is 10.0. The molecule has 246 valence electrons. The Hall–Kier alpha value is -2.66.